The lowest BCUT2D eigenvalue weighted by Crippen LogP contribution is -2.48. The van der Waals surface area contributed by atoms with Gasteiger partial charge in [-0.3, -0.25) is 14.4 Å². The summed E-state index contributed by atoms with van der Waals surface area (Å²) in [5, 5.41) is 10.9. The molecule has 156 valence electrons. The lowest BCUT2D eigenvalue weighted by molar-refractivity contribution is -0.128. The summed E-state index contributed by atoms with van der Waals surface area (Å²) < 4.78 is 0. The number of hydrogen-bond acceptors (Lipinski definition) is 5. The van der Waals surface area contributed by atoms with E-state index in [9.17, 15) is 19.2 Å². The van der Waals surface area contributed by atoms with Crippen molar-refractivity contribution in [3.63, 3.8) is 0 Å². The third-order valence-corrected chi connectivity index (χ3v) is 3.92. The maximum Gasteiger partial charge on any atom is 0.239 e. The molecule has 0 saturated heterocycles. The quantitative estimate of drug-likeness (QED) is 0.229. The Balaban J connectivity index is 4.17. The van der Waals surface area contributed by atoms with E-state index < -0.39 is 11.9 Å². The summed E-state index contributed by atoms with van der Waals surface area (Å²) in [6, 6.07) is -0.471. The van der Waals surface area contributed by atoms with Crippen LogP contribution in [-0.4, -0.2) is 56.2 Å². The number of nitrogens with one attached hydrogen (secondary N) is 4. The second kappa shape index (κ2) is 16.2. The molecule has 0 aromatic rings. The first-order valence-corrected chi connectivity index (χ1v) is 9.88. The molecule has 8 nitrogen and oxygen atoms in total. The van der Waals surface area contributed by atoms with Gasteiger partial charge in [-0.2, -0.15) is 0 Å². The largest absolute Gasteiger partial charge is 0.356 e. The van der Waals surface area contributed by atoms with Crippen LogP contribution in [0.5, 0.6) is 0 Å². The molecule has 0 unspecified atom stereocenters. The molecule has 0 rings (SSSR count). The maximum absolute atomic E-state index is 12.3. The first kappa shape index (κ1) is 25.0. The van der Waals surface area contributed by atoms with Crippen LogP contribution in [0.15, 0.2) is 0 Å². The fourth-order valence-electron chi connectivity index (χ4n) is 2.49. The third kappa shape index (κ3) is 14.9. The first-order valence-electron chi connectivity index (χ1n) is 9.88. The van der Waals surface area contributed by atoms with Crippen molar-refractivity contribution >= 4 is 24.0 Å². The molecular weight excluding hydrogens is 348 g/mol. The molecule has 4 N–H and O–H groups in total. The van der Waals surface area contributed by atoms with Crippen molar-refractivity contribution in [2.75, 3.05) is 26.2 Å². The molecule has 0 bridgehead atoms. The predicted molar refractivity (Wildman–Crippen MR) is 105 cm³/mol. The van der Waals surface area contributed by atoms with Crippen molar-refractivity contribution in [1.29, 1.82) is 0 Å². The first-order chi connectivity index (χ1) is 12.9. The molecule has 27 heavy (non-hydrogen) atoms. The fourth-order valence-corrected chi connectivity index (χ4v) is 2.49. The molecule has 0 aliphatic carbocycles. The lowest BCUT2D eigenvalue weighted by Gasteiger charge is -2.20. The Bertz CT molecular complexity index is 455. The molecule has 8 heteroatoms. The number of hydrogen-bond donors (Lipinski definition) is 4. The SMILES string of the molecule is CCCCCCNC(=O)CCN[C@@H](CC(C)C)C(=O)NCC(=O)NCC=O. The van der Waals surface area contributed by atoms with Crippen LogP contribution in [-0.2, 0) is 19.2 Å². The molecule has 0 spiro atoms. The van der Waals surface area contributed by atoms with Gasteiger partial charge in [-0.1, -0.05) is 40.0 Å². The van der Waals surface area contributed by atoms with Gasteiger partial charge in [0, 0.05) is 19.5 Å². The minimum absolute atomic E-state index is 0.0315. The summed E-state index contributed by atoms with van der Waals surface area (Å²) in [5.74, 6) is -0.452. The highest BCUT2D eigenvalue weighted by atomic mass is 16.2. The van der Waals surface area contributed by atoms with E-state index in [1.54, 1.807) is 0 Å². The van der Waals surface area contributed by atoms with Gasteiger partial charge >= 0.3 is 0 Å². The molecule has 0 saturated carbocycles. The Morgan fingerprint density at radius 3 is 2.30 bits per heavy atom. The van der Waals surface area contributed by atoms with Crippen LogP contribution < -0.4 is 21.3 Å². The Hall–Kier alpha value is -1.96. The number of carbonyl (C=O) groups excluding carboxylic acids is 4. The van der Waals surface area contributed by atoms with Gasteiger partial charge in [0.25, 0.3) is 0 Å². The molecule has 1 atom stereocenters. The van der Waals surface area contributed by atoms with E-state index in [1.807, 2.05) is 13.8 Å². The topological polar surface area (TPSA) is 116 Å². The summed E-state index contributed by atoms with van der Waals surface area (Å²) in [6.07, 6.45) is 5.92. The summed E-state index contributed by atoms with van der Waals surface area (Å²) in [7, 11) is 0. The minimum atomic E-state index is -0.471. The van der Waals surface area contributed by atoms with E-state index in [4.69, 9.17) is 0 Å². The summed E-state index contributed by atoms with van der Waals surface area (Å²) >= 11 is 0. The molecule has 0 aliphatic rings. The molecule has 0 aliphatic heterocycles. The smallest absolute Gasteiger partial charge is 0.239 e. The highest BCUT2D eigenvalue weighted by molar-refractivity contribution is 5.88. The highest BCUT2D eigenvalue weighted by Crippen LogP contribution is 2.05. The Labute approximate surface area is 162 Å². The zero-order valence-corrected chi connectivity index (χ0v) is 16.9. The van der Waals surface area contributed by atoms with Crippen LogP contribution in [0.1, 0.15) is 59.3 Å². The van der Waals surface area contributed by atoms with Gasteiger partial charge in [-0.25, -0.2) is 0 Å². The minimum Gasteiger partial charge on any atom is -0.356 e. The van der Waals surface area contributed by atoms with Crippen molar-refractivity contribution in [2.24, 2.45) is 5.92 Å². The number of amides is 3. The monoisotopic (exact) mass is 384 g/mol. The van der Waals surface area contributed by atoms with Crippen molar-refractivity contribution in [1.82, 2.24) is 21.3 Å². The Morgan fingerprint density at radius 1 is 0.926 bits per heavy atom. The molecule has 0 fully saturated rings. The number of aldehydes is 1. The average molecular weight is 385 g/mol. The van der Waals surface area contributed by atoms with Crippen molar-refractivity contribution in [2.45, 2.75) is 65.3 Å². The Morgan fingerprint density at radius 2 is 1.67 bits per heavy atom. The summed E-state index contributed by atoms with van der Waals surface area (Å²) in [5.41, 5.74) is 0. The van der Waals surface area contributed by atoms with Crippen LogP contribution in [0.3, 0.4) is 0 Å². The number of rotatable bonds is 16. The second-order valence-electron chi connectivity index (χ2n) is 6.99. The predicted octanol–water partition coefficient (Wildman–Crippen LogP) is 0.509. The van der Waals surface area contributed by atoms with Gasteiger partial charge in [0.2, 0.25) is 17.7 Å². The highest BCUT2D eigenvalue weighted by Gasteiger charge is 2.20. The fraction of sp³-hybridized carbons (Fsp3) is 0.789. The number of unbranched alkanes of at least 4 members (excludes halogenated alkanes) is 3. The van der Waals surface area contributed by atoms with E-state index in [1.165, 1.54) is 6.42 Å². The van der Waals surface area contributed by atoms with Crippen molar-refractivity contribution < 1.29 is 19.2 Å². The van der Waals surface area contributed by atoms with Gasteiger partial charge < -0.3 is 26.1 Å². The zero-order valence-electron chi connectivity index (χ0n) is 16.9. The second-order valence-corrected chi connectivity index (χ2v) is 6.99. The van der Waals surface area contributed by atoms with Gasteiger partial charge in [0.15, 0.2) is 0 Å². The van der Waals surface area contributed by atoms with Crippen LogP contribution in [0, 0.1) is 5.92 Å². The normalized spacial score (nSPS) is 11.7. The van der Waals surface area contributed by atoms with Gasteiger partial charge in [-0.05, 0) is 18.8 Å². The van der Waals surface area contributed by atoms with E-state index >= 15 is 0 Å². The zero-order chi connectivity index (χ0) is 20.5. The number of carbonyl (C=O) groups is 4. The van der Waals surface area contributed by atoms with Crippen molar-refractivity contribution in [3.8, 4) is 0 Å². The molecular formula is C19H36N4O4. The van der Waals surface area contributed by atoms with Crippen LogP contribution >= 0.6 is 0 Å². The van der Waals surface area contributed by atoms with Gasteiger partial charge in [-0.15, -0.1) is 0 Å². The molecule has 0 radical (unpaired) electrons. The van der Waals surface area contributed by atoms with E-state index in [2.05, 4.69) is 28.2 Å². The van der Waals surface area contributed by atoms with Gasteiger partial charge in [0.1, 0.15) is 6.29 Å². The van der Waals surface area contributed by atoms with Gasteiger partial charge in [0.05, 0.1) is 19.1 Å². The van der Waals surface area contributed by atoms with Crippen LogP contribution in [0.2, 0.25) is 0 Å². The average Bonchev–Trinajstić information content (AvgIpc) is 2.63. The summed E-state index contributed by atoms with van der Waals surface area (Å²) in [6.45, 7) is 6.97. The lowest BCUT2D eigenvalue weighted by atomic mass is 10.0. The molecule has 0 aromatic heterocycles. The standard InChI is InChI=1S/C19H36N4O4/c1-4-5-6-7-9-21-17(25)8-10-20-16(13-15(2)3)19(27)23-14-18(26)22-11-12-24/h12,15-16,20H,4-11,13-14H2,1-3H3,(H,21,25)(H,22,26)(H,23,27)/t16-/m0/s1. The van der Waals surface area contributed by atoms with Crippen LogP contribution in [0.25, 0.3) is 0 Å². The molecule has 0 heterocycles. The van der Waals surface area contributed by atoms with Crippen molar-refractivity contribution in [3.05, 3.63) is 0 Å². The third-order valence-electron chi connectivity index (χ3n) is 3.92. The van der Waals surface area contributed by atoms with E-state index in [0.717, 1.165) is 19.3 Å². The van der Waals surface area contributed by atoms with E-state index in [-0.39, 0.29) is 30.8 Å². The summed E-state index contributed by atoms with van der Waals surface area (Å²) in [4.78, 5) is 45.8. The Kier molecular flexibility index (Phi) is 15.1. The van der Waals surface area contributed by atoms with E-state index in [0.29, 0.717) is 32.2 Å². The molecule has 0 aromatic carbocycles. The van der Waals surface area contributed by atoms with Crippen LogP contribution in [0.4, 0.5) is 0 Å². The maximum atomic E-state index is 12.3. The molecule has 3 amide bonds.